The molecule has 8 heteroatoms. The molecule has 0 atom stereocenters. The number of thiophene rings is 1. The summed E-state index contributed by atoms with van der Waals surface area (Å²) in [5.41, 5.74) is 2.70. The van der Waals surface area contributed by atoms with Gasteiger partial charge in [-0.3, -0.25) is 14.8 Å². The SMILES string of the molecule is Cc1ccccc1CN1CCCN(C(=O)CSc2n[nH]c(Cc3cccs3)n2)CC1. The summed E-state index contributed by atoms with van der Waals surface area (Å²) in [6.45, 7) is 6.65. The Hall–Kier alpha value is -2.16. The Labute approximate surface area is 185 Å². The second kappa shape index (κ2) is 10.2. The highest BCUT2D eigenvalue weighted by Gasteiger charge is 2.20. The number of nitrogens with one attached hydrogen (secondary N) is 1. The van der Waals surface area contributed by atoms with Crippen LogP contribution in [0.3, 0.4) is 0 Å². The number of aromatic amines is 1. The number of hydrogen-bond donors (Lipinski definition) is 1. The van der Waals surface area contributed by atoms with Crippen molar-refractivity contribution in [3.63, 3.8) is 0 Å². The number of carbonyl (C=O) groups is 1. The van der Waals surface area contributed by atoms with Crippen molar-refractivity contribution < 1.29 is 4.79 Å². The molecule has 158 valence electrons. The van der Waals surface area contributed by atoms with Gasteiger partial charge in [-0.05, 0) is 35.9 Å². The third-order valence-corrected chi connectivity index (χ3v) is 7.06. The molecule has 0 saturated carbocycles. The van der Waals surface area contributed by atoms with Crippen LogP contribution >= 0.6 is 23.1 Å². The smallest absolute Gasteiger partial charge is 0.233 e. The van der Waals surface area contributed by atoms with Crippen molar-refractivity contribution in [1.29, 1.82) is 0 Å². The van der Waals surface area contributed by atoms with E-state index in [0.29, 0.717) is 10.9 Å². The Balaban J connectivity index is 1.24. The van der Waals surface area contributed by atoms with Crippen LogP contribution in [0.15, 0.2) is 46.9 Å². The minimum atomic E-state index is 0.169. The molecule has 4 rings (SSSR count). The molecule has 1 aliphatic heterocycles. The van der Waals surface area contributed by atoms with Crippen molar-refractivity contribution in [2.75, 3.05) is 31.9 Å². The average Bonchev–Trinajstić information content (AvgIpc) is 3.36. The Kier molecular flexibility index (Phi) is 7.20. The molecule has 0 spiro atoms. The summed E-state index contributed by atoms with van der Waals surface area (Å²) in [5, 5.41) is 9.94. The second-order valence-corrected chi connectivity index (χ2v) is 9.52. The Morgan fingerprint density at radius 1 is 1.17 bits per heavy atom. The maximum atomic E-state index is 12.7. The number of aromatic nitrogens is 3. The number of aryl methyl sites for hydroxylation is 1. The fraction of sp³-hybridized carbons (Fsp3) is 0.409. The van der Waals surface area contributed by atoms with Crippen molar-refractivity contribution in [2.24, 2.45) is 0 Å². The lowest BCUT2D eigenvalue weighted by atomic mass is 10.1. The normalized spacial score (nSPS) is 15.3. The summed E-state index contributed by atoms with van der Waals surface area (Å²) in [6, 6.07) is 12.7. The molecule has 0 radical (unpaired) electrons. The van der Waals surface area contributed by atoms with Crippen LogP contribution in [0.1, 0.15) is 28.2 Å². The van der Waals surface area contributed by atoms with E-state index in [-0.39, 0.29) is 5.91 Å². The van der Waals surface area contributed by atoms with E-state index in [9.17, 15) is 4.79 Å². The minimum absolute atomic E-state index is 0.169. The lowest BCUT2D eigenvalue weighted by molar-refractivity contribution is -0.128. The molecule has 3 aromatic rings. The molecule has 1 aliphatic rings. The van der Waals surface area contributed by atoms with Crippen LogP contribution in [0, 0.1) is 6.92 Å². The fourth-order valence-electron chi connectivity index (χ4n) is 3.62. The maximum absolute atomic E-state index is 12.7. The number of H-pyrrole nitrogens is 1. The molecule has 0 bridgehead atoms. The van der Waals surface area contributed by atoms with Crippen molar-refractivity contribution in [2.45, 2.75) is 31.5 Å². The van der Waals surface area contributed by atoms with E-state index in [1.807, 2.05) is 11.0 Å². The van der Waals surface area contributed by atoms with E-state index in [4.69, 9.17) is 0 Å². The quantitative estimate of drug-likeness (QED) is 0.568. The van der Waals surface area contributed by atoms with Gasteiger partial charge in [-0.15, -0.1) is 16.4 Å². The highest BCUT2D eigenvalue weighted by atomic mass is 32.2. The average molecular weight is 442 g/mol. The van der Waals surface area contributed by atoms with Crippen LogP contribution < -0.4 is 0 Å². The number of hydrogen-bond acceptors (Lipinski definition) is 6. The van der Waals surface area contributed by atoms with Gasteiger partial charge >= 0.3 is 0 Å². The van der Waals surface area contributed by atoms with E-state index in [2.05, 4.69) is 62.7 Å². The van der Waals surface area contributed by atoms with Crippen molar-refractivity contribution in [1.82, 2.24) is 25.0 Å². The van der Waals surface area contributed by atoms with Gasteiger partial charge in [0.2, 0.25) is 11.1 Å². The molecular weight excluding hydrogens is 414 g/mol. The van der Waals surface area contributed by atoms with E-state index >= 15 is 0 Å². The number of nitrogens with zero attached hydrogens (tertiary/aromatic N) is 4. The number of thioether (sulfide) groups is 1. The second-order valence-electron chi connectivity index (χ2n) is 7.55. The first kappa shape index (κ1) is 21.1. The zero-order chi connectivity index (χ0) is 20.8. The third kappa shape index (κ3) is 5.71. The van der Waals surface area contributed by atoms with Gasteiger partial charge in [-0.25, -0.2) is 4.98 Å². The lowest BCUT2D eigenvalue weighted by Gasteiger charge is -2.22. The van der Waals surface area contributed by atoms with Gasteiger partial charge in [0.15, 0.2) is 0 Å². The molecule has 1 N–H and O–H groups in total. The van der Waals surface area contributed by atoms with Crippen LogP contribution in [-0.4, -0.2) is 62.8 Å². The monoisotopic (exact) mass is 441 g/mol. The van der Waals surface area contributed by atoms with Gasteiger partial charge in [-0.2, -0.15) is 0 Å². The Morgan fingerprint density at radius 2 is 2.07 bits per heavy atom. The maximum Gasteiger partial charge on any atom is 0.233 e. The van der Waals surface area contributed by atoms with E-state index < -0.39 is 0 Å². The van der Waals surface area contributed by atoms with E-state index in [0.717, 1.165) is 51.4 Å². The standard InChI is InChI=1S/C22H27N5OS2/c1-17-6-2-3-7-18(17)15-26-9-5-10-27(12-11-26)21(28)16-30-22-23-20(24-25-22)14-19-8-4-13-29-19/h2-4,6-8,13H,5,9-12,14-16H2,1H3,(H,23,24,25). The van der Waals surface area contributed by atoms with Crippen LogP contribution in [0.2, 0.25) is 0 Å². The molecular formula is C22H27N5OS2. The molecule has 0 unspecified atom stereocenters. The van der Waals surface area contributed by atoms with Crippen LogP contribution in [0.25, 0.3) is 0 Å². The molecule has 1 fully saturated rings. The zero-order valence-corrected chi connectivity index (χ0v) is 18.8. The molecule has 1 saturated heterocycles. The van der Waals surface area contributed by atoms with Crippen LogP contribution in [-0.2, 0) is 17.8 Å². The summed E-state index contributed by atoms with van der Waals surface area (Å²) >= 11 is 3.12. The first-order valence-electron chi connectivity index (χ1n) is 10.3. The third-order valence-electron chi connectivity index (χ3n) is 5.35. The molecule has 6 nitrogen and oxygen atoms in total. The number of benzene rings is 1. The van der Waals surface area contributed by atoms with Crippen molar-refractivity contribution in [3.8, 4) is 0 Å². The first-order chi connectivity index (χ1) is 14.7. The van der Waals surface area contributed by atoms with Gasteiger partial charge in [0.1, 0.15) is 5.82 Å². The summed E-state index contributed by atoms with van der Waals surface area (Å²) < 4.78 is 0. The number of carbonyl (C=O) groups excluding carboxylic acids is 1. The van der Waals surface area contributed by atoms with Crippen LogP contribution in [0.4, 0.5) is 0 Å². The number of rotatable bonds is 7. The van der Waals surface area contributed by atoms with Gasteiger partial charge < -0.3 is 4.90 Å². The molecule has 1 amide bonds. The Bertz CT molecular complexity index is 956. The molecule has 0 aliphatic carbocycles. The van der Waals surface area contributed by atoms with Gasteiger partial charge in [0, 0.05) is 44.0 Å². The van der Waals surface area contributed by atoms with Crippen molar-refractivity contribution >= 4 is 29.0 Å². The predicted molar refractivity (Wildman–Crippen MR) is 122 cm³/mol. The highest BCUT2D eigenvalue weighted by molar-refractivity contribution is 7.99. The lowest BCUT2D eigenvalue weighted by Crippen LogP contribution is -2.36. The summed E-state index contributed by atoms with van der Waals surface area (Å²) in [5.74, 6) is 1.39. The summed E-state index contributed by atoms with van der Waals surface area (Å²) in [4.78, 5) is 22.9. The van der Waals surface area contributed by atoms with Gasteiger partial charge in [-0.1, -0.05) is 42.1 Å². The fourth-order valence-corrected chi connectivity index (χ4v) is 5.05. The summed E-state index contributed by atoms with van der Waals surface area (Å²) in [6.07, 6.45) is 1.76. The molecule has 2 aromatic heterocycles. The minimum Gasteiger partial charge on any atom is -0.341 e. The van der Waals surface area contributed by atoms with Gasteiger partial charge in [0.05, 0.1) is 5.75 Å². The van der Waals surface area contributed by atoms with E-state index in [1.165, 1.54) is 27.8 Å². The molecule has 1 aromatic carbocycles. The highest BCUT2D eigenvalue weighted by Crippen LogP contribution is 2.18. The first-order valence-corrected chi connectivity index (χ1v) is 12.1. The predicted octanol–water partition coefficient (Wildman–Crippen LogP) is 3.59. The molecule has 30 heavy (non-hydrogen) atoms. The molecule has 3 heterocycles. The van der Waals surface area contributed by atoms with Gasteiger partial charge in [0.25, 0.3) is 0 Å². The zero-order valence-electron chi connectivity index (χ0n) is 17.2. The summed E-state index contributed by atoms with van der Waals surface area (Å²) in [7, 11) is 0. The van der Waals surface area contributed by atoms with Crippen molar-refractivity contribution in [3.05, 3.63) is 63.6 Å². The number of amides is 1. The Morgan fingerprint density at radius 3 is 2.90 bits per heavy atom. The largest absolute Gasteiger partial charge is 0.341 e. The van der Waals surface area contributed by atoms with E-state index in [1.54, 1.807) is 11.3 Å². The topological polar surface area (TPSA) is 65.1 Å². The van der Waals surface area contributed by atoms with Crippen LogP contribution in [0.5, 0.6) is 0 Å².